The van der Waals surface area contributed by atoms with Crippen LogP contribution in [-0.4, -0.2) is 24.1 Å². The summed E-state index contributed by atoms with van der Waals surface area (Å²) in [4.78, 5) is 4.45. The molecule has 0 aliphatic carbocycles. The molecule has 0 fully saturated rings. The maximum absolute atomic E-state index is 11.6. The van der Waals surface area contributed by atoms with Crippen LogP contribution < -0.4 is 0 Å². The van der Waals surface area contributed by atoms with Gasteiger partial charge in [-0.2, -0.15) is 5.26 Å². The smallest absolute Gasteiger partial charge is 0.171 e. The minimum absolute atomic E-state index is 0.666. The van der Waals surface area contributed by atoms with E-state index in [-0.39, 0.29) is 0 Å². The summed E-state index contributed by atoms with van der Waals surface area (Å²) in [5, 5.41) is 8.18. The summed E-state index contributed by atoms with van der Waals surface area (Å²) in [7, 11) is 0. The molecule has 0 amide bonds. The SMILES string of the molecule is N#CC1[C]N(CF)[C]=N1. The zero-order valence-electron chi connectivity index (χ0n) is 4.50. The molecule has 0 N–H and O–H groups in total. The first-order valence-corrected chi connectivity index (χ1v) is 2.31. The van der Waals surface area contributed by atoms with Crippen molar-refractivity contribution in [3.63, 3.8) is 0 Å². The minimum atomic E-state index is -0.721. The lowest BCUT2D eigenvalue weighted by atomic mass is 10.3. The van der Waals surface area contributed by atoms with Crippen molar-refractivity contribution in [1.82, 2.24) is 4.90 Å². The van der Waals surface area contributed by atoms with Crippen molar-refractivity contribution in [3.8, 4) is 6.07 Å². The first-order chi connectivity index (χ1) is 4.36. The van der Waals surface area contributed by atoms with Crippen LogP contribution in [0.5, 0.6) is 0 Å². The largest absolute Gasteiger partial charge is 0.312 e. The quantitative estimate of drug-likeness (QED) is 0.464. The van der Waals surface area contributed by atoms with Gasteiger partial charge in [0, 0.05) is 0 Å². The number of nitrogens with zero attached hydrogens (tertiary/aromatic N) is 3. The fourth-order valence-electron chi connectivity index (χ4n) is 0.452. The lowest BCUT2D eigenvalue weighted by Gasteiger charge is -2.02. The Morgan fingerprint density at radius 3 is 3.00 bits per heavy atom. The molecule has 45 valence electrons. The molecule has 1 heterocycles. The summed E-state index contributed by atoms with van der Waals surface area (Å²) in [5.41, 5.74) is 0. The summed E-state index contributed by atoms with van der Waals surface area (Å²) in [6.45, 7) is 1.69. The first kappa shape index (κ1) is 6.02. The fraction of sp³-hybridized carbons (Fsp3) is 0.400. The van der Waals surface area contributed by atoms with Gasteiger partial charge in [-0.1, -0.05) is 0 Å². The Balaban J connectivity index is 2.42. The zero-order valence-corrected chi connectivity index (χ0v) is 4.50. The van der Waals surface area contributed by atoms with Crippen LogP contribution in [0.2, 0.25) is 0 Å². The van der Waals surface area contributed by atoms with Crippen molar-refractivity contribution in [1.29, 1.82) is 5.26 Å². The molecular formula is C5H3FN3. The third kappa shape index (κ3) is 1.17. The molecule has 1 unspecified atom stereocenters. The van der Waals surface area contributed by atoms with Crippen molar-refractivity contribution >= 4 is 6.34 Å². The summed E-state index contributed by atoms with van der Waals surface area (Å²) >= 11 is 0. The molecule has 0 bridgehead atoms. The highest BCUT2D eigenvalue weighted by Crippen LogP contribution is 2.06. The zero-order chi connectivity index (χ0) is 6.69. The molecule has 0 aromatic heterocycles. The van der Waals surface area contributed by atoms with Gasteiger partial charge in [-0.3, -0.25) is 0 Å². The van der Waals surface area contributed by atoms with E-state index in [0.717, 1.165) is 4.90 Å². The van der Waals surface area contributed by atoms with E-state index in [1.807, 2.05) is 0 Å². The molecule has 0 saturated carbocycles. The molecule has 1 aliphatic rings. The molecule has 1 rings (SSSR count). The van der Waals surface area contributed by atoms with Crippen LogP contribution in [0.4, 0.5) is 4.39 Å². The Labute approximate surface area is 52.4 Å². The second-order valence-electron chi connectivity index (χ2n) is 1.44. The maximum Gasteiger partial charge on any atom is 0.171 e. The predicted molar refractivity (Wildman–Crippen MR) is 27.9 cm³/mol. The van der Waals surface area contributed by atoms with E-state index in [2.05, 4.69) is 17.9 Å². The van der Waals surface area contributed by atoms with Crippen molar-refractivity contribution in [2.75, 3.05) is 6.80 Å². The van der Waals surface area contributed by atoms with Crippen molar-refractivity contribution in [2.24, 2.45) is 4.99 Å². The van der Waals surface area contributed by atoms with Gasteiger partial charge < -0.3 is 4.90 Å². The van der Waals surface area contributed by atoms with Crippen LogP contribution in [-0.2, 0) is 0 Å². The van der Waals surface area contributed by atoms with Gasteiger partial charge in [-0.15, -0.1) is 0 Å². The number of hydrogen-bond donors (Lipinski definition) is 0. The van der Waals surface area contributed by atoms with Crippen molar-refractivity contribution in [3.05, 3.63) is 6.54 Å². The van der Waals surface area contributed by atoms with Gasteiger partial charge in [-0.25, -0.2) is 9.38 Å². The highest BCUT2D eigenvalue weighted by atomic mass is 19.1. The molecule has 3 radical (unpaired) electrons. The molecular weight excluding hydrogens is 121 g/mol. The van der Waals surface area contributed by atoms with Gasteiger partial charge in [0.25, 0.3) is 0 Å². The van der Waals surface area contributed by atoms with E-state index in [1.54, 1.807) is 6.07 Å². The topological polar surface area (TPSA) is 39.4 Å². The van der Waals surface area contributed by atoms with E-state index in [4.69, 9.17) is 5.26 Å². The average Bonchev–Trinajstić information content (AvgIpc) is 2.34. The Hall–Kier alpha value is -1.11. The van der Waals surface area contributed by atoms with Gasteiger partial charge in [0.1, 0.15) is 6.54 Å². The molecule has 0 aromatic carbocycles. The Bertz CT molecular complexity index is 160. The van der Waals surface area contributed by atoms with Gasteiger partial charge in [0.15, 0.2) is 19.2 Å². The molecule has 9 heavy (non-hydrogen) atoms. The molecule has 0 saturated heterocycles. The van der Waals surface area contributed by atoms with E-state index in [9.17, 15) is 4.39 Å². The van der Waals surface area contributed by atoms with E-state index < -0.39 is 12.8 Å². The summed E-state index contributed by atoms with van der Waals surface area (Å²) < 4.78 is 11.6. The van der Waals surface area contributed by atoms with Crippen LogP contribution in [0.3, 0.4) is 0 Å². The number of aliphatic imine (C=N–C) groups is 1. The Kier molecular flexibility index (Phi) is 1.63. The lowest BCUT2D eigenvalue weighted by molar-refractivity contribution is 0.332. The van der Waals surface area contributed by atoms with Gasteiger partial charge >= 0.3 is 0 Å². The second-order valence-corrected chi connectivity index (χ2v) is 1.44. The average molecular weight is 124 g/mol. The molecule has 4 heteroatoms. The molecule has 0 aromatic rings. The van der Waals surface area contributed by atoms with E-state index in [1.165, 1.54) is 0 Å². The van der Waals surface area contributed by atoms with Gasteiger partial charge in [0.2, 0.25) is 0 Å². The molecule has 1 atom stereocenters. The van der Waals surface area contributed by atoms with Crippen LogP contribution >= 0.6 is 0 Å². The monoisotopic (exact) mass is 124 g/mol. The Morgan fingerprint density at radius 1 is 1.89 bits per heavy atom. The number of alkyl halides is 1. The third-order valence-electron chi connectivity index (χ3n) is 0.827. The Morgan fingerprint density at radius 2 is 2.67 bits per heavy atom. The third-order valence-corrected chi connectivity index (χ3v) is 0.827. The first-order valence-electron chi connectivity index (χ1n) is 2.31. The van der Waals surface area contributed by atoms with Gasteiger partial charge in [-0.05, 0) is 0 Å². The number of halogens is 1. The van der Waals surface area contributed by atoms with Crippen LogP contribution in [0.25, 0.3) is 0 Å². The normalized spacial score (nSPS) is 24.4. The van der Waals surface area contributed by atoms with Gasteiger partial charge in [0.05, 0.1) is 6.07 Å². The van der Waals surface area contributed by atoms with Crippen LogP contribution in [0, 0.1) is 17.9 Å². The fourth-order valence-corrected chi connectivity index (χ4v) is 0.452. The standard InChI is InChI=1S/C5H3FN3/c6-3-9-2-5(1-7)8-4-9/h5H,3H2. The number of nitriles is 1. The summed E-state index contributed by atoms with van der Waals surface area (Å²) in [6, 6.07) is 1.11. The lowest BCUT2D eigenvalue weighted by Crippen LogP contribution is -2.15. The highest BCUT2D eigenvalue weighted by Gasteiger charge is 2.17. The van der Waals surface area contributed by atoms with Crippen molar-refractivity contribution in [2.45, 2.75) is 6.04 Å². The van der Waals surface area contributed by atoms with Crippen LogP contribution in [0.15, 0.2) is 4.99 Å². The molecule has 1 aliphatic heterocycles. The summed E-state index contributed by atoms with van der Waals surface area (Å²) in [5.74, 6) is 0. The van der Waals surface area contributed by atoms with E-state index >= 15 is 0 Å². The van der Waals surface area contributed by atoms with Crippen molar-refractivity contribution < 1.29 is 4.39 Å². The molecule has 3 nitrogen and oxygen atoms in total. The molecule has 0 spiro atoms. The minimum Gasteiger partial charge on any atom is -0.312 e. The summed E-state index contributed by atoms with van der Waals surface area (Å²) in [6.07, 6.45) is 2.26. The second kappa shape index (κ2) is 2.44. The van der Waals surface area contributed by atoms with E-state index in [0.29, 0.717) is 0 Å². The van der Waals surface area contributed by atoms with Crippen LogP contribution in [0.1, 0.15) is 0 Å². The number of hydrogen-bond acceptors (Lipinski definition) is 3. The predicted octanol–water partition coefficient (Wildman–Crippen LogP) is 0.0653. The number of rotatable bonds is 1. The highest BCUT2D eigenvalue weighted by molar-refractivity contribution is 5.60. The maximum atomic E-state index is 11.6.